The minimum Gasteiger partial charge on any atom is -0.381 e. The van der Waals surface area contributed by atoms with Crippen LogP contribution in [0.3, 0.4) is 0 Å². The fraction of sp³-hybridized carbons (Fsp3) is 0.276. The Morgan fingerprint density at radius 2 is 1.74 bits per heavy atom. The zero-order valence-electron chi connectivity index (χ0n) is 22.0. The molecule has 0 spiro atoms. The molecule has 1 amide bonds. The average Bonchev–Trinajstić information content (AvgIpc) is 2.94. The summed E-state index contributed by atoms with van der Waals surface area (Å²) in [4.78, 5) is 30.3. The number of nitrogens with zero attached hydrogens (tertiary/aromatic N) is 3. The SMILES string of the molecule is C=N/C(C(N)=O)=C(/NC)SCNc1ccc2ccccc2c1.CN1CCN(Cc2ccc(C=O)cc2)CC1. The molecule has 0 atom stereocenters. The van der Waals surface area contributed by atoms with Gasteiger partial charge in [0.2, 0.25) is 0 Å². The molecular weight excluding hydrogens is 496 g/mol. The van der Waals surface area contributed by atoms with Crippen molar-refractivity contribution in [3.8, 4) is 0 Å². The lowest BCUT2D eigenvalue weighted by Gasteiger charge is -2.32. The van der Waals surface area contributed by atoms with Gasteiger partial charge >= 0.3 is 0 Å². The van der Waals surface area contributed by atoms with E-state index in [4.69, 9.17) is 5.73 Å². The third-order valence-corrected chi connectivity index (χ3v) is 7.17. The van der Waals surface area contributed by atoms with Gasteiger partial charge < -0.3 is 21.3 Å². The quantitative estimate of drug-likeness (QED) is 0.158. The van der Waals surface area contributed by atoms with E-state index in [1.54, 1.807) is 7.05 Å². The Kier molecular flexibility index (Phi) is 11.4. The van der Waals surface area contributed by atoms with Gasteiger partial charge in [-0.15, -0.1) is 0 Å². The number of amides is 1. The van der Waals surface area contributed by atoms with Crippen molar-refractivity contribution >= 4 is 47.1 Å². The van der Waals surface area contributed by atoms with Crippen molar-refractivity contribution in [2.75, 3.05) is 51.5 Å². The maximum Gasteiger partial charge on any atom is 0.269 e. The fourth-order valence-corrected chi connectivity index (χ4v) is 4.81. The number of benzene rings is 3. The highest BCUT2D eigenvalue weighted by Gasteiger charge is 2.13. The second kappa shape index (κ2) is 14.9. The lowest BCUT2D eigenvalue weighted by atomic mass is 10.1. The van der Waals surface area contributed by atoms with Crippen molar-refractivity contribution in [3.63, 3.8) is 0 Å². The Labute approximate surface area is 229 Å². The number of rotatable bonds is 10. The highest BCUT2D eigenvalue weighted by Crippen LogP contribution is 2.22. The summed E-state index contributed by atoms with van der Waals surface area (Å²) in [5.74, 6) is -0.0292. The number of primary amides is 1. The van der Waals surface area contributed by atoms with Crippen LogP contribution in [-0.4, -0.2) is 74.9 Å². The first-order chi connectivity index (χ1) is 18.4. The van der Waals surface area contributed by atoms with Gasteiger partial charge in [0, 0.05) is 51.0 Å². The summed E-state index contributed by atoms with van der Waals surface area (Å²) in [6.45, 7) is 8.91. The van der Waals surface area contributed by atoms with E-state index in [0.717, 1.165) is 50.3 Å². The largest absolute Gasteiger partial charge is 0.381 e. The fourth-order valence-electron chi connectivity index (χ4n) is 3.98. The molecule has 4 rings (SSSR count). The number of aldehydes is 1. The average molecular weight is 533 g/mol. The molecule has 38 heavy (non-hydrogen) atoms. The molecule has 0 bridgehead atoms. The molecule has 1 aliphatic rings. The highest BCUT2D eigenvalue weighted by atomic mass is 32.2. The van der Waals surface area contributed by atoms with E-state index in [1.807, 2.05) is 42.5 Å². The van der Waals surface area contributed by atoms with Crippen LogP contribution in [0.4, 0.5) is 5.69 Å². The first-order valence-electron chi connectivity index (χ1n) is 12.4. The van der Waals surface area contributed by atoms with Crippen molar-refractivity contribution in [2.24, 2.45) is 10.7 Å². The van der Waals surface area contributed by atoms with Crippen molar-refractivity contribution in [3.05, 3.63) is 88.6 Å². The van der Waals surface area contributed by atoms with Gasteiger partial charge in [-0.2, -0.15) is 0 Å². The number of piperazine rings is 1. The number of nitrogens with one attached hydrogen (secondary N) is 2. The molecule has 200 valence electrons. The zero-order valence-corrected chi connectivity index (χ0v) is 22.8. The Hall–Kier alpha value is -3.66. The van der Waals surface area contributed by atoms with Gasteiger partial charge in [0.1, 0.15) is 11.3 Å². The summed E-state index contributed by atoms with van der Waals surface area (Å²) >= 11 is 1.41. The molecule has 1 fully saturated rings. The molecule has 4 N–H and O–H groups in total. The molecule has 1 saturated heterocycles. The van der Waals surface area contributed by atoms with E-state index in [0.29, 0.717) is 10.9 Å². The van der Waals surface area contributed by atoms with Crippen molar-refractivity contribution in [2.45, 2.75) is 6.54 Å². The van der Waals surface area contributed by atoms with Crippen molar-refractivity contribution in [1.29, 1.82) is 0 Å². The molecular formula is C29H36N6O2S. The highest BCUT2D eigenvalue weighted by molar-refractivity contribution is 8.03. The van der Waals surface area contributed by atoms with Crippen LogP contribution in [0.2, 0.25) is 0 Å². The normalized spacial score (nSPS) is 14.6. The number of anilines is 1. The lowest BCUT2D eigenvalue weighted by molar-refractivity contribution is -0.114. The van der Waals surface area contributed by atoms with Gasteiger partial charge in [-0.3, -0.25) is 19.5 Å². The first-order valence-corrected chi connectivity index (χ1v) is 13.4. The van der Waals surface area contributed by atoms with Crippen molar-refractivity contribution in [1.82, 2.24) is 15.1 Å². The number of carbonyl (C=O) groups excluding carboxylic acids is 2. The van der Waals surface area contributed by atoms with Gasteiger partial charge in [-0.25, -0.2) is 0 Å². The molecule has 1 aliphatic heterocycles. The Morgan fingerprint density at radius 1 is 1.05 bits per heavy atom. The van der Waals surface area contributed by atoms with Crippen LogP contribution in [-0.2, 0) is 11.3 Å². The number of fused-ring (bicyclic) bond motifs is 1. The predicted octanol–water partition coefficient (Wildman–Crippen LogP) is 3.76. The van der Waals surface area contributed by atoms with Crippen LogP contribution in [0.15, 0.2) is 82.4 Å². The van der Waals surface area contributed by atoms with Crippen LogP contribution < -0.4 is 16.4 Å². The molecule has 9 heteroatoms. The van der Waals surface area contributed by atoms with E-state index < -0.39 is 5.91 Å². The maximum absolute atomic E-state index is 11.3. The van der Waals surface area contributed by atoms with Gasteiger partial charge in [0.25, 0.3) is 5.91 Å². The van der Waals surface area contributed by atoms with Gasteiger partial charge in [-0.1, -0.05) is 66.4 Å². The van der Waals surface area contributed by atoms with Crippen LogP contribution >= 0.6 is 11.8 Å². The second-order valence-corrected chi connectivity index (χ2v) is 9.90. The number of hydrogen-bond donors (Lipinski definition) is 3. The van der Waals surface area contributed by atoms with Gasteiger partial charge in [0.05, 0.1) is 5.88 Å². The number of thioether (sulfide) groups is 1. The molecule has 0 saturated carbocycles. The van der Waals surface area contributed by atoms with E-state index in [-0.39, 0.29) is 5.70 Å². The summed E-state index contributed by atoms with van der Waals surface area (Å²) in [6, 6.07) is 22.2. The van der Waals surface area contributed by atoms with Gasteiger partial charge in [-0.05, 0) is 42.2 Å². The van der Waals surface area contributed by atoms with E-state index >= 15 is 0 Å². The smallest absolute Gasteiger partial charge is 0.269 e. The van der Waals surface area contributed by atoms with E-state index in [2.05, 4.69) is 63.5 Å². The Balaban J connectivity index is 0.000000221. The lowest BCUT2D eigenvalue weighted by Crippen LogP contribution is -2.43. The molecule has 3 aromatic carbocycles. The topological polar surface area (TPSA) is 103 Å². The summed E-state index contributed by atoms with van der Waals surface area (Å²) in [7, 11) is 3.88. The molecule has 0 aliphatic carbocycles. The van der Waals surface area contributed by atoms with Crippen LogP contribution in [0, 0.1) is 0 Å². The maximum atomic E-state index is 11.3. The van der Waals surface area contributed by atoms with Crippen LogP contribution in [0.25, 0.3) is 10.8 Å². The molecule has 1 heterocycles. The first kappa shape index (κ1) is 28.9. The number of hydrogen-bond acceptors (Lipinski definition) is 8. The molecule has 8 nitrogen and oxygen atoms in total. The molecule has 0 radical (unpaired) electrons. The standard InChI is InChI=1S/C16H18N4OS.C13H18N2O/c1-18-14(15(17)21)16(19-2)22-10-20-13-8-7-11-5-3-4-6-12(11)9-13;1-14-6-8-15(9-7-14)10-12-2-4-13(11-16)5-3-12/h3-9,19-20H,1,10H2,2H3,(H2,17,21);2-5,11H,6-10H2,1H3/b16-14-;. The minimum atomic E-state index is -0.599. The summed E-state index contributed by atoms with van der Waals surface area (Å²) in [6.07, 6.45) is 0.889. The molecule has 3 aromatic rings. The number of aliphatic imine (C=N–C) groups is 1. The molecule has 0 aromatic heterocycles. The third-order valence-electron chi connectivity index (χ3n) is 6.19. The Morgan fingerprint density at radius 3 is 2.34 bits per heavy atom. The number of nitrogens with two attached hydrogens (primary N) is 1. The summed E-state index contributed by atoms with van der Waals surface area (Å²) < 4.78 is 0. The number of likely N-dealkylation sites (N-methyl/N-ethyl adjacent to an activating group) is 1. The van der Waals surface area contributed by atoms with Crippen LogP contribution in [0.5, 0.6) is 0 Å². The second-order valence-electron chi connectivity index (χ2n) is 8.92. The zero-order chi connectivity index (χ0) is 27.3. The predicted molar refractivity (Wildman–Crippen MR) is 159 cm³/mol. The van der Waals surface area contributed by atoms with Gasteiger partial charge in [0.15, 0.2) is 5.70 Å². The monoisotopic (exact) mass is 532 g/mol. The van der Waals surface area contributed by atoms with Crippen molar-refractivity contribution < 1.29 is 9.59 Å². The number of carbonyl (C=O) groups is 2. The minimum absolute atomic E-state index is 0.146. The Bertz CT molecular complexity index is 1250. The summed E-state index contributed by atoms with van der Waals surface area (Å²) in [5.41, 5.74) is 8.46. The third kappa shape index (κ3) is 8.72. The van der Waals surface area contributed by atoms with E-state index in [1.165, 1.54) is 28.1 Å². The van der Waals surface area contributed by atoms with Crippen LogP contribution in [0.1, 0.15) is 15.9 Å². The molecule has 0 unspecified atom stereocenters. The van der Waals surface area contributed by atoms with E-state index in [9.17, 15) is 9.59 Å². The summed E-state index contributed by atoms with van der Waals surface area (Å²) in [5, 5.41) is 9.18.